The number of urea groups is 1. The Kier molecular flexibility index (Phi) is 10.4. The average Bonchev–Trinajstić information content (AvgIpc) is 2.93. The van der Waals surface area contributed by atoms with Crippen LogP contribution < -0.4 is 19.9 Å². The van der Waals surface area contributed by atoms with Crippen molar-refractivity contribution in [2.45, 2.75) is 0 Å². The first-order valence-corrected chi connectivity index (χ1v) is 12.4. The monoisotopic (exact) mass is 525 g/mol. The fraction of sp³-hybridized carbons (Fsp3) is 0.370. The van der Waals surface area contributed by atoms with Gasteiger partial charge in [-0.25, -0.2) is 14.4 Å². The van der Waals surface area contributed by atoms with Gasteiger partial charge in [0.1, 0.15) is 5.75 Å². The minimum atomic E-state index is -1.26. The van der Waals surface area contributed by atoms with Gasteiger partial charge >= 0.3 is 18.0 Å². The van der Waals surface area contributed by atoms with Crippen molar-refractivity contribution in [3.63, 3.8) is 0 Å². The van der Waals surface area contributed by atoms with E-state index < -0.39 is 11.9 Å². The average molecular weight is 526 g/mol. The summed E-state index contributed by atoms with van der Waals surface area (Å²) in [5, 5.41) is 18.7. The predicted octanol–water partition coefficient (Wildman–Crippen LogP) is 2.51. The highest BCUT2D eigenvalue weighted by Gasteiger charge is 2.22. The molecule has 0 saturated carbocycles. The number of nitrogens with zero attached hydrogens (tertiary/aromatic N) is 4. The van der Waals surface area contributed by atoms with Gasteiger partial charge in [0.05, 0.1) is 12.8 Å². The van der Waals surface area contributed by atoms with Crippen LogP contribution in [0.2, 0.25) is 0 Å². The molecule has 11 nitrogen and oxygen atoms in total. The molecule has 11 heteroatoms. The second kappa shape index (κ2) is 13.9. The summed E-state index contributed by atoms with van der Waals surface area (Å²) < 4.78 is 5.57. The lowest BCUT2D eigenvalue weighted by atomic mass is 10.2. The number of carbonyl (C=O) groups excluding carboxylic acids is 1. The molecule has 3 N–H and O–H groups in total. The molecule has 204 valence electrons. The zero-order chi connectivity index (χ0) is 27.5. The first-order chi connectivity index (χ1) is 18.3. The second-order valence-corrected chi connectivity index (χ2v) is 8.93. The van der Waals surface area contributed by atoms with Crippen LogP contribution in [0.5, 0.6) is 5.75 Å². The number of carboxylic acid groups (broad SMARTS) is 2. The number of likely N-dealkylation sites (N-methyl/N-ethyl adjacent to an activating group) is 1. The molecule has 2 heterocycles. The van der Waals surface area contributed by atoms with Crippen molar-refractivity contribution in [1.29, 1.82) is 0 Å². The van der Waals surface area contributed by atoms with Crippen molar-refractivity contribution >= 4 is 35.0 Å². The SMILES string of the molecule is COc1ccc(NC(=O)N2CCN(c3ccccc3)CC2)cc1N1CCN(C)CC1.O=C(O)/C=C/C(=O)O. The van der Waals surface area contributed by atoms with E-state index in [1.54, 1.807) is 7.11 Å². The van der Waals surface area contributed by atoms with Crippen LogP contribution in [0.4, 0.5) is 21.9 Å². The van der Waals surface area contributed by atoms with Crippen LogP contribution in [0.1, 0.15) is 0 Å². The third-order valence-corrected chi connectivity index (χ3v) is 6.33. The van der Waals surface area contributed by atoms with Crippen LogP contribution in [0.15, 0.2) is 60.7 Å². The summed E-state index contributed by atoms with van der Waals surface area (Å²) in [6, 6.07) is 16.2. The molecule has 0 radical (unpaired) electrons. The second-order valence-electron chi connectivity index (χ2n) is 8.93. The molecule has 2 aliphatic rings. The minimum absolute atomic E-state index is 0.0443. The fourth-order valence-corrected chi connectivity index (χ4v) is 4.21. The van der Waals surface area contributed by atoms with E-state index >= 15 is 0 Å². The maximum absolute atomic E-state index is 12.8. The first kappa shape index (κ1) is 28.3. The number of aliphatic carboxylic acids is 2. The number of para-hydroxylation sites is 1. The Hall–Kier alpha value is -4.25. The quantitative estimate of drug-likeness (QED) is 0.488. The van der Waals surface area contributed by atoms with Gasteiger partial charge in [-0.05, 0) is 37.4 Å². The number of hydrogen-bond donors (Lipinski definition) is 3. The smallest absolute Gasteiger partial charge is 0.328 e. The number of nitrogens with one attached hydrogen (secondary N) is 1. The van der Waals surface area contributed by atoms with E-state index in [1.165, 1.54) is 5.69 Å². The summed E-state index contributed by atoms with van der Waals surface area (Å²) in [5.74, 6) is -1.67. The summed E-state index contributed by atoms with van der Waals surface area (Å²) in [5.41, 5.74) is 3.06. The molecule has 0 spiro atoms. The highest BCUT2D eigenvalue weighted by atomic mass is 16.5. The summed E-state index contributed by atoms with van der Waals surface area (Å²) >= 11 is 0. The summed E-state index contributed by atoms with van der Waals surface area (Å²) in [6.45, 7) is 7.04. The molecule has 0 aliphatic carbocycles. The van der Waals surface area contributed by atoms with Gasteiger partial charge in [-0.3, -0.25) is 0 Å². The molecule has 38 heavy (non-hydrogen) atoms. The largest absolute Gasteiger partial charge is 0.495 e. The lowest BCUT2D eigenvalue weighted by Gasteiger charge is -2.36. The summed E-state index contributed by atoms with van der Waals surface area (Å²) in [7, 11) is 3.84. The first-order valence-electron chi connectivity index (χ1n) is 12.4. The van der Waals surface area contributed by atoms with Gasteiger partial charge in [0.2, 0.25) is 0 Å². The number of hydrogen-bond acceptors (Lipinski definition) is 7. The van der Waals surface area contributed by atoms with Gasteiger partial charge in [-0.15, -0.1) is 0 Å². The normalized spacial score (nSPS) is 16.0. The number of amides is 2. The zero-order valence-corrected chi connectivity index (χ0v) is 21.7. The van der Waals surface area contributed by atoms with Crippen molar-refractivity contribution in [3.8, 4) is 5.75 Å². The van der Waals surface area contributed by atoms with E-state index in [0.717, 1.165) is 56.4 Å². The number of carboxylic acids is 2. The zero-order valence-electron chi connectivity index (χ0n) is 21.7. The Morgan fingerprint density at radius 2 is 1.39 bits per heavy atom. The van der Waals surface area contributed by atoms with Crippen LogP contribution >= 0.6 is 0 Å². The molecular weight excluding hydrogens is 490 g/mol. The number of piperazine rings is 2. The molecular formula is C27H35N5O6. The van der Waals surface area contributed by atoms with E-state index in [9.17, 15) is 14.4 Å². The highest BCUT2D eigenvalue weighted by molar-refractivity contribution is 5.91. The lowest BCUT2D eigenvalue weighted by molar-refractivity contribution is -0.134. The van der Waals surface area contributed by atoms with Crippen LogP contribution in [0.25, 0.3) is 0 Å². The van der Waals surface area contributed by atoms with Crippen molar-refractivity contribution in [2.75, 3.05) is 81.6 Å². The van der Waals surface area contributed by atoms with E-state index in [2.05, 4.69) is 51.3 Å². The molecule has 4 rings (SSSR count). The molecule has 0 bridgehead atoms. The molecule has 2 aliphatic heterocycles. The van der Waals surface area contributed by atoms with Crippen LogP contribution in [-0.2, 0) is 9.59 Å². The van der Waals surface area contributed by atoms with Gasteiger partial charge in [0.25, 0.3) is 0 Å². The fourth-order valence-electron chi connectivity index (χ4n) is 4.21. The maximum Gasteiger partial charge on any atom is 0.328 e. The standard InChI is InChI=1S/C23H31N5O2.C4H4O4/c1-25-10-12-27(13-11-25)21-18-19(8-9-22(21)30-2)24-23(29)28-16-14-26(15-17-28)20-6-4-3-5-7-20;5-3(6)1-2-4(7)8/h3-9,18H,10-17H2,1-2H3,(H,24,29);1-2H,(H,5,6)(H,7,8)/b;2-1+. The molecule has 2 aromatic carbocycles. The third kappa shape index (κ3) is 8.41. The number of ether oxygens (including phenoxy) is 1. The van der Waals surface area contributed by atoms with Gasteiger partial charge in [-0.1, -0.05) is 18.2 Å². The molecule has 2 aromatic rings. The topological polar surface area (TPSA) is 126 Å². The molecule has 0 atom stereocenters. The van der Waals surface area contributed by atoms with Crippen LogP contribution in [0, 0.1) is 0 Å². The van der Waals surface area contributed by atoms with Gasteiger partial charge in [0.15, 0.2) is 0 Å². The van der Waals surface area contributed by atoms with Gasteiger partial charge in [-0.2, -0.15) is 0 Å². The molecule has 0 unspecified atom stereocenters. The molecule has 0 aromatic heterocycles. The number of benzene rings is 2. The van der Waals surface area contributed by atoms with Crippen molar-refractivity contribution in [1.82, 2.24) is 9.80 Å². The lowest BCUT2D eigenvalue weighted by Crippen LogP contribution is -2.50. The van der Waals surface area contributed by atoms with Crippen LogP contribution in [0.3, 0.4) is 0 Å². The highest BCUT2D eigenvalue weighted by Crippen LogP contribution is 2.32. The molecule has 2 saturated heterocycles. The maximum atomic E-state index is 12.8. The Bertz CT molecular complexity index is 1090. The molecule has 2 amide bonds. The van der Waals surface area contributed by atoms with Gasteiger partial charge < -0.3 is 39.9 Å². The number of carbonyl (C=O) groups is 3. The third-order valence-electron chi connectivity index (χ3n) is 6.33. The van der Waals surface area contributed by atoms with Crippen LogP contribution in [-0.4, -0.2) is 104 Å². The van der Waals surface area contributed by atoms with E-state index in [4.69, 9.17) is 14.9 Å². The Labute approximate surface area is 222 Å². The van der Waals surface area contributed by atoms with E-state index in [0.29, 0.717) is 25.2 Å². The Morgan fingerprint density at radius 1 is 0.816 bits per heavy atom. The number of rotatable bonds is 6. The Balaban J connectivity index is 0.000000436. The van der Waals surface area contributed by atoms with Crippen molar-refractivity contribution in [3.05, 3.63) is 60.7 Å². The number of anilines is 3. The summed E-state index contributed by atoms with van der Waals surface area (Å²) in [4.78, 5) is 40.8. The predicted molar refractivity (Wildman–Crippen MR) is 146 cm³/mol. The number of methoxy groups -OCH3 is 1. The Morgan fingerprint density at radius 3 is 1.95 bits per heavy atom. The summed E-state index contributed by atoms with van der Waals surface area (Å²) in [6.07, 6.45) is 1.12. The molecule has 2 fully saturated rings. The van der Waals surface area contributed by atoms with Gasteiger partial charge in [0, 0.05) is 75.9 Å². The minimum Gasteiger partial charge on any atom is -0.495 e. The van der Waals surface area contributed by atoms with E-state index in [-0.39, 0.29) is 6.03 Å². The van der Waals surface area contributed by atoms with Crippen molar-refractivity contribution < 1.29 is 29.3 Å². The van der Waals surface area contributed by atoms with E-state index in [1.807, 2.05) is 29.2 Å². The van der Waals surface area contributed by atoms with Crippen molar-refractivity contribution in [2.24, 2.45) is 0 Å².